The van der Waals surface area contributed by atoms with Crippen molar-refractivity contribution in [3.8, 4) is 56.9 Å². The fourth-order valence-electron chi connectivity index (χ4n) is 4.94. The van der Waals surface area contributed by atoms with Crippen LogP contribution in [0.15, 0.2) is 84.9 Å². The third-order valence-corrected chi connectivity index (χ3v) is 7.03. The first-order valence-corrected chi connectivity index (χ1v) is 14.0. The van der Waals surface area contributed by atoms with E-state index >= 15 is 0 Å². The molecule has 0 aliphatic rings. The van der Waals surface area contributed by atoms with Gasteiger partial charge in [0.15, 0.2) is 11.5 Å². The van der Waals surface area contributed by atoms with E-state index < -0.39 is 5.97 Å². The van der Waals surface area contributed by atoms with Crippen molar-refractivity contribution < 1.29 is 33.3 Å². The third kappa shape index (κ3) is 6.45. The highest BCUT2D eigenvalue weighted by Crippen LogP contribution is 2.46. The molecule has 4 aromatic carbocycles. The maximum absolute atomic E-state index is 12.9. The van der Waals surface area contributed by atoms with Gasteiger partial charge in [-0.25, -0.2) is 0 Å². The molecule has 0 bridgehead atoms. The number of aromatic nitrogens is 2. The predicted molar refractivity (Wildman–Crippen MR) is 171 cm³/mol. The Morgan fingerprint density at radius 2 is 1.44 bits per heavy atom. The zero-order valence-electron chi connectivity index (χ0n) is 25.8. The lowest BCUT2D eigenvalue weighted by atomic mass is 10.00. The predicted octanol–water partition coefficient (Wildman–Crippen LogP) is 6.73. The van der Waals surface area contributed by atoms with Crippen LogP contribution in [-0.4, -0.2) is 50.1 Å². The van der Waals surface area contributed by atoms with Gasteiger partial charge in [-0.15, -0.1) is 0 Å². The van der Waals surface area contributed by atoms with Gasteiger partial charge in [0.25, 0.3) is 5.91 Å². The smallest absolute Gasteiger partial charge is 0.309 e. The molecule has 45 heavy (non-hydrogen) atoms. The SMILES string of the molecule is COc1cccc(C(=O)Nc2ccc(-c3c(-c4cc(OC)c(OC)c(OC)c4)nn(-c4cccc(C)c4)c3OC(C)=O)cc2)c1. The Kier molecular flexibility index (Phi) is 9.04. The van der Waals surface area contributed by atoms with E-state index in [0.29, 0.717) is 62.3 Å². The van der Waals surface area contributed by atoms with E-state index in [9.17, 15) is 9.59 Å². The molecule has 5 aromatic rings. The van der Waals surface area contributed by atoms with E-state index in [4.69, 9.17) is 28.8 Å². The number of carbonyl (C=O) groups excluding carboxylic acids is 2. The molecule has 0 saturated carbocycles. The van der Waals surface area contributed by atoms with Crippen LogP contribution in [0, 0.1) is 6.92 Å². The van der Waals surface area contributed by atoms with Gasteiger partial charge in [0.2, 0.25) is 11.6 Å². The molecule has 1 N–H and O–H groups in total. The largest absolute Gasteiger partial charge is 0.497 e. The van der Waals surface area contributed by atoms with Crippen molar-refractivity contribution in [1.82, 2.24) is 9.78 Å². The van der Waals surface area contributed by atoms with Gasteiger partial charge in [0.05, 0.1) is 39.7 Å². The molecule has 0 aliphatic heterocycles. The molecule has 0 spiro atoms. The number of ether oxygens (including phenoxy) is 5. The summed E-state index contributed by atoms with van der Waals surface area (Å²) < 4.78 is 29.5. The number of aryl methyl sites for hydroxylation is 1. The Hall–Kier alpha value is -5.77. The second-order valence-corrected chi connectivity index (χ2v) is 10.1. The molecule has 0 fully saturated rings. The second kappa shape index (κ2) is 13.3. The quantitative estimate of drug-likeness (QED) is 0.174. The molecule has 10 heteroatoms. The monoisotopic (exact) mass is 607 g/mol. The Labute approximate surface area is 261 Å². The number of carbonyl (C=O) groups is 2. The molecule has 0 atom stereocenters. The maximum atomic E-state index is 12.9. The van der Waals surface area contributed by atoms with Crippen molar-refractivity contribution >= 4 is 17.6 Å². The van der Waals surface area contributed by atoms with Crippen molar-refractivity contribution in [2.24, 2.45) is 0 Å². The maximum Gasteiger partial charge on any atom is 0.309 e. The minimum atomic E-state index is -0.510. The Balaban J connectivity index is 1.67. The first-order valence-electron chi connectivity index (χ1n) is 14.0. The van der Waals surface area contributed by atoms with Gasteiger partial charge in [-0.1, -0.05) is 30.3 Å². The summed E-state index contributed by atoms with van der Waals surface area (Å²) in [7, 11) is 6.16. The molecule has 0 radical (unpaired) electrons. The lowest BCUT2D eigenvalue weighted by Gasteiger charge is -2.14. The van der Waals surface area contributed by atoms with Crippen molar-refractivity contribution in [2.75, 3.05) is 33.8 Å². The summed E-state index contributed by atoms with van der Waals surface area (Å²) in [5.74, 6) is 1.32. The molecule has 1 amide bonds. The zero-order chi connectivity index (χ0) is 32.1. The zero-order valence-corrected chi connectivity index (χ0v) is 25.8. The van der Waals surface area contributed by atoms with Crippen LogP contribution >= 0.6 is 0 Å². The van der Waals surface area contributed by atoms with Crippen LogP contribution in [0.1, 0.15) is 22.8 Å². The topological polar surface area (TPSA) is 110 Å². The summed E-state index contributed by atoms with van der Waals surface area (Å²) >= 11 is 0. The first-order chi connectivity index (χ1) is 21.8. The van der Waals surface area contributed by atoms with Gasteiger partial charge in [0.1, 0.15) is 11.4 Å². The highest BCUT2D eigenvalue weighted by Gasteiger charge is 2.27. The molecule has 0 unspecified atom stereocenters. The molecular weight excluding hydrogens is 574 g/mol. The van der Waals surface area contributed by atoms with Gasteiger partial charge < -0.3 is 29.0 Å². The Morgan fingerprint density at radius 3 is 2.04 bits per heavy atom. The minimum absolute atomic E-state index is 0.227. The van der Waals surface area contributed by atoms with Crippen LogP contribution in [0.3, 0.4) is 0 Å². The normalized spacial score (nSPS) is 10.6. The van der Waals surface area contributed by atoms with E-state index in [1.165, 1.54) is 28.3 Å². The molecule has 230 valence electrons. The van der Waals surface area contributed by atoms with E-state index in [1.54, 1.807) is 60.3 Å². The first kappa shape index (κ1) is 30.7. The highest BCUT2D eigenvalue weighted by atomic mass is 16.5. The lowest BCUT2D eigenvalue weighted by molar-refractivity contribution is -0.132. The molecule has 10 nitrogen and oxygen atoms in total. The van der Waals surface area contributed by atoms with Crippen molar-refractivity contribution in [1.29, 1.82) is 0 Å². The van der Waals surface area contributed by atoms with Crippen molar-refractivity contribution in [2.45, 2.75) is 13.8 Å². The molecule has 0 aliphatic carbocycles. The Morgan fingerprint density at radius 1 is 0.756 bits per heavy atom. The number of hydrogen-bond acceptors (Lipinski definition) is 8. The van der Waals surface area contributed by atoms with Crippen LogP contribution in [0.4, 0.5) is 5.69 Å². The average Bonchev–Trinajstić information content (AvgIpc) is 3.42. The summed E-state index contributed by atoms with van der Waals surface area (Å²) in [6.45, 7) is 3.31. The van der Waals surface area contributed by atoms with E-state index in [0.717, 1.165) is 5.56 Å². The standard InChI is InChI=1S/C35H33N3O7/c1-21-9-7-11-27(17-21)38-35(45-22(2)39)31(32(37-38)25-19-29(42-4)33(44-6)30(20-25)43-5)23-13-15-26(16-14-23)36-34(40)24-10-8-12-28(18-24)41-3/h7-20H,1-6H3,(H,36,40). The van der Waals surface area contributed by atoms with Crippen LogP contribution in [0.2, 0.25) is 0 Å². The van der Waals surface area contributed by atoms with Gasteiger partial charge in [-0.3, -0.25) is 9.59 Å². The summed E-state index contributed by atoms with van der Waals surface area (Å²) in [4.78, 5) is 25.4. The molecule has 1 aromatic heterocycles. The fourth-order valence-corrected chi connectivity index (χ4v) is 4.94. The number of hydrogen-bond donors (Lipinski definition) is 1. The number of nitrogens with one attached hydrogen (secondary N) is 1. The number of amides is 1. The van der Waals surface area contributed by atoms with Crippen molar-refractivity contribution in [3.63, 3.8) is 0 Å². The van der Waals surface area contributed by atoms with Gasteiger partial charge in [-0.2, -0.15) is 9.78 Å². The summed E-state index contributed by atoms with van der Waals surface area (Å²) in [6.07, 6.45) is 0. The number of anilines is 1. The van der Waals surface area contributed by atoms with Gasteiger partial charge in [-0.05, 0) is 72.6 Å². The van der Waals surface area contributed by atoms with Crippen LogP contribution in [0.25, 0.3) is 28.1 Å². The van der Waals surface area contributed by atoms with E-state index in [2.05, 4.69) is 5.32 Å². The number of esters is 1. The summed E-state index contributed by atoms with van der Waals surface area (Å²) in [6, 6.07) is 25.4. The lowest BCUT2D eigenvalue weighted by Crippen LogP contribution is -2.11. The Bertz CT molecular complexity index is 1840. The molecule has 5 rings (SSSR count). The van der Waals surface area contributed by atoms with Gasteiger partial charge >= 0.3 is 5.97 Å². The van der Waals surface area contributed by atoms with Gasteiger partial charge in [0, 0.05) is 23.7 Å². The van der Waals surface area contributed by atoms with Crippen LogP contribution < -0.4 is 29.0 Å². The fraction of sp³-hybridized carbons (Fsp3) is 0.171. The molecule has 1 heterocycles. The van der Waals surface area contributed by atoms with E-state index in [-0.39, 0.29) is 11.8 Å². The molecular formula is C35H33N3O7. The highest BCUT2D eigenvalue weighted by molar-refractivity contribution is 6.04. The van der Waals surface area contributed by atoms with Crippen LogP contribution in [0.5, 0.6) is 28.9 Å². The second-order valence-electron chi connectivity index (χ2n) is 10.1. The third-order valence-electron chi connectivity index (χ3n) is 7.03. The van der Waals surface area contributed by atoms with Crippen LogP contribution in [-0.2, 0) is 4.79 Å². The summed E-state index contributed by atoms with van der Waals surface area (Å²) in [5, 5.41) is 7.87. The van der Waals surface area contributed by atoms with Crippen molar-refractivity contribution in [3.05, 3.63) is 96.1 Å². The number of nitrogens with zero attached hydrogens (tertiary/aromatic N) is 2. The average molecular weight is 608 g/mol. The molecule has 0 saturated heterocycles. The summed E-state index contributed by atoms with van der Waals surface area (Å²) in [5.41, 5.74) is 5.10. The van der Waals surface area contributed by atoms with E-state index in [1.807, 2.05) is 43.3 Å². The minimum Gasteiger partial charge on any atom is -0.497 e. The number of benzene rings is 4. The number of rotatable bonds is 10. The number of methoxy groups -OCH3 is 4.